The summed E-state index contributed by atoms with van der Waals surface area (Å²) in [6.45, 7) is 3.24. The molecule has 0 aromatic heterocycles. The summed E-state index contributed by atoms with van der Waals surface area (Å²) < 4.78 is 9.54. The molecule has 0 saturated heterocycles. The summed E-state index contributed by atoms with van der Waals surface area (Å²) in [5, 5.41) is 0. The van der Waals surface area contributed by atoms with Gasteiger partial charge in [-0.3, -0.25) is 0 Å². The average Bonchev–Trinajstić information content (AvgIpc) is 2.19. The lowest BCUT2D eigenvalue weighted by Gasteiger charge is -2.00. The Morgan fingerprint density at radius 2 is 2.08 bits per heavy atom. The first kappa shape index (κ1) is 9.67. The molecule has 0 aliphatic heterocycles. The predicted molar refractivity (Wildman–Crippen MR) is 51.0 cm³/mol. The van der Waals surface area contributed by atoms with E-state index in [0.29, 0.717) is 18.1 Å². The Kier molecular flexibility index (Phi) is 3.92. The Bertz CT molecular complexity index is 284. The topological polar surface area (TPSA) is 35.5 Å². The van der Waals surface area contributed by atoms with Gasteiger partial charge >= 0.3 is 5.97 Å². The van der Waals surface area contributed by atoms with E-state index in [1.165, 1.54) is 0 Å². The highest BCUT2D eigenvalue weighted by Crippen LogP contribution is 2.15. The van der Waals surface area contributed by atoms with Crippen molar-refractivity contribution in [3.05, 3.63) is 43.0 Å². The quantitative estimate of drug-likeness (QED) is 0.547. The van der Waals surface area contributed by atoms with Gasteiger partial charge in [0.05, 0.1) is 0 Å². The van der Waals surface area contributed by atoms with E-state index in [9.17, 15) is 4.79 Å². The normalized spacial score (nSPS) is 8.92. The lowest BCUT2D eigenvalue weighted by molar-refractivity contribution is -0.127. The minimum absolute atomic E-state index is 0.527. The van der Waals surface area contributed by atoms with E-state index in [4.69, 9.17) is 4.18 Å². The molecule has 0 N–H and O–H groups in total. The molecule has 1 rings (SSSR count). The minimum atomic E-state index is -0.527. The zero-order valence-electron chi connectivity index (χ0n) is 6.80. The molecule has 0 atom stereocenters. The molecule has 0 aliphatic rings. The van der Waals surface area contributed by atoms with Crippen LogP contribution in [0, 0.1) is 0 Å². The second-order valence-corrected chi connectivity index (χ2v) is 2.54. The van der Waals surface area contributed by atoms with Crippen LogP contribution in [0.2, 0.25) is 0 Å². The van der Waals surface area contributed by atoms with Crippen molar-refractivity contribution < 1.29 is 13.2 Å². The third kappa shape index (κ3) is 3.66. The van der Waals surface area contributed by atoms with Crippen LogP contribution in [0.3, 0.4) is 0 Å². The molecule has 13 heavy (non-hydrogen) atoms. The van der Waals surface area contributed by atoms with Crippen molar-refractivity contribution in [2.45, 2.75) is 0 Å². The van der Waals surface area contributed by atoms with Gasteiger partial charge in [-0.1, -0.05) is 24.8 Å². The molecule has 1 aromatic carbocycles. The largest absolute Gasteiger partial charge is 0.391 e. The van der Waals surface area contributed by atoms with Crippen molar-refractivity contribution in [3.8, 4) is 5.75 Å². The van der Waals surface area contributed by atoms with Crippen LogP contribution in [0.4, 0.5) is 0 Å². The van der Waals surface area contributed by atoms with E-state index in [1.807, 2.05) is 18.2 Å². The Hall–Kier alpha value is -1.42. The van der Waals surface area contributed by atoms with Gasteiger partial charge in [-0.15, -0.1) is 0 Å². The fourth-order valence-corrected chi connectivity index (χ4v) is 0.959. The van der Waals surface area contributed by atoms with Crippen molar-refractivity contribution in [3.63, 3.8) is 0 Å². The molecule has 0 bridgehead atoms. The SMILES string of the molecule is C=CC(=O)OSOc1ccccc1. The van der Waals surface area contributed by atoms with Gasteiger partial charge in [0.2, 0.25) is 0 Å². The van der Waals surface area contributed by atoms with Crippen molar-refractivity contribution in [2.75, 3.05) is 0 Å². The average molecular weight is 196 g/mol. The summed E-state index contributed by atoms with van der Waals surface area (Å²) in [5.41, 5.74) is 0. The number of hydrogen-bond donors (Lipinski definition) is 0. The molecule has 1 aromatic rings. The van der Waals surface area contributed by atoms with Crippen LogP contribution in [0.1, 0.15) is 0 Å². The molecule has 0 saturated carbocycles. The molecule has 0 radical (unpaired) electrons. The van der Waals surface area contributed by atoms with Gasteiger partial charge in [-0.25, -0.2) is 4.79 Å². The molecule has 0 heterocycles. The van der Waals surface area contributed by atoms with Gasteiger partial charge in [0.1, 0.15) is 5.75 Å². The number of rotatable bonds is 4. The first-order valence-corrected chi connectivity index (χ1v) is 4.22. The third-order valence-electron chi connectivity index (χ3n) is 1.16. The molecular weight excluding hydrogens is 188 g/mol. The predicted octanol–water partition coefficient (Wildman–Crippen LogP) is 2.36. The maximum Gasteiger partial charge on any atom is 0.344 e. The highest BCUT2D eigenvalue weighted by atomic mass is 32.2. The van der Waals surface area contributed by atoms with Gasteiger partial charge in [0.25, 0.3) is 12.3 Å². The van der Waals surface area contributed by atoms with Gasteiger partial charge in [-0.2, -0.15) is 0 Å². The van der Waals surface area contributed by atoms with Gasteiger partial charge in [-0.05, 0) is 12.1 Å². The van der Waals surface area contributed by atoms with Crippen molar-refractivity contribution in [1.82, 2.24) is 0 Å². The van der Waals surface area contributed by atoms with Crippen molar-refractivity contribution >= 4 is 18.3 Å². The molecule has 0 aliphatic carbocycles. The maximum atomic E-state index is 10.6. The number of para-hydroxylation sites is 1. The standard InChI is InChI=1S/C9H8O3S/c1-2-9(10)12-13-11-8-6-4-3-5-7-8/h2-7H,1H2. The molecule has 0 unspecified atom stereocenters. The first-order valence-electron chi connectivity index (χ1n) is 3.55. The first-order chi connectivity index (χ1) is 6.33. The number of carbonyl (C=O) groups is 1. The Morgan fingerprint density at radius 3 is 2.69 bits per heavy atom. The molecule has 68 valence electrons. The molecule has 0 amide bonds. The molecule has 0 fully saturated rings. The van der Waals surface area contributed by atoms with Gasteiger partial charge in [0, 0.05) is 6.08 Å². The van der Waals surface area contributed by atoms with E-state index < -0.39 is 5.97 Å². The molecule has 3 nitrogen and oxygen atoms in total. The van der Waals surface area contributed by atoms with Crippen LogP contribution >= 0.6 is 12.3 Å². The highest BCUT2D eigenvalue weighted by Gasteiger charge is 1.98. The molecular formula is C9H8O3S. The lowest BCUT2D eigenvalue weighted by Crippen LogP contribution is -1.93. The van der Waals surface area contributed by atoms with Gasteiger partial charge < -0.3 is 8.37 Å². The summed E-state index contributed by atoms with van der Waals surface area (Å²) in [7, 11) is 0. The van der Waals surface area contributed by atoms with Crippen LogP contribution in [-0.4, -0.2) is 5.97 Å². The fourth-order valence-electron chi connectivity index (χ4n) is 0.600. The van der Waals surface area contributed by atoms with Crippen molar-refractivity contribution in [2.24, 2.45) is 0 Å². The van der Waals surface area contributed by atoms with E-state index in [1.54, 1.807) is 12.1 Å². The van der Waals surface area contributed by atoms with Crippen molar-refractivity contribution in [1.29, 1.82) is 0 Å². The molecule has 0 spiro atoms. The minimum Gasteiger partial charge on any atom is -0.391 e. The van der Waals surface area contributed by atoms with Gasteiger partial charge in [0.15, 0.2) is 0 Å². The van der Waals surface area contributed by atoms with Crippen LogP contribution in [0.5, 0.6) is 5.75 Å². The number of carbonyl (C=O) groups excluding carboxylic acids is 1. The second-order valence-electron chi connectivity index (χ2n) is 2.07. The Balaban J connectivity index is 2.28. The number of hydrogen-bond acceptors (Lipinski definition) is 4. The van der Waals surface area contributed by atoms with E-state index >= 15 is 0 Å². The Labute approximate surface area is 80.8 Å². The lowest BCUT2D eigenvalue weighted by atomic mass is 10.3. The van der Waals surface area contributed by atoms with Crippen LogP contribution in [-0.2, 0) is 8.98 Å². The zero-order valence-corrected chi connectivity index (χ0v) is 7.62. The van der Waals surface area contributed by atoms with E-state index in [0.717, 1.165) is 6.08 Å². The number of benzene rings is 1. The summed E-state index contributed by atoms with van der Waals surface area (Å²) >= 11 is 0.618. The third-order valence-corrected chi connectivity index (χ3v) is 1.65. The van der Waals surface area contributed by atoms with E-state index in [-0.39, 0.29) is 0 Å². The maximum absolute atomic E-state index is 10.6. The van der Waals surface area contributed by atoms with Crippen LogP contribution < -0.4 is 4.18 Å². The zero-order chi connectivity index (χ0) is 9.52. The smallest absolute Gasteiger partial charge is 0.344 e. The van der Waals surface area contributed by atoms with Crippen LogP contribution in [0.25, 0.3) is 0 Å². The monoisotopic (exact) mass is 196 g/mol. The Morgan fingerprint density at radius 1 is 1.38 bits per heavy atom. The second kappa shape index (κ2) is 5.27. The summed E-state index contributed by atoms with van der Waals surface area (Å²) in [5.74, 6) is 0.102. The van der Waals surface area contributed by atoms with Crippen LogP contribution in [0.15, 0.2) is 43.0 Å². The molecule has 4 heteroatoms. The highest BCUT2D eigenvalue weighted by molar-refractivity contribution is 7.90. The fraction of sp³-hybridized carbons (Fsp3) is 0. The summed E-state index contributed by atoms with van der Waals surface area (Å²) in [6.07, 6.45) is 1.07. The van der Waals surface area contributed by atoms with E-state index in [2.05, 4.69) is 10.8 Å². The summed E-state index contributed by atoms with van der Waals surface area (Å²) in [4.78, 5) is 10.6. The summed E-state index contributed by atoms with van der Waals surface area (Å²) in [6, 6.07) is 9.03.